The number of carbonyl (C=O) groups is 1. The summed E-state index contributed by atoms with van der Waals surface area (Å²) in [6.07, 6.45) is -1.92. The number of ether oxygens (including phenoxy) is 1. The molecule has 1 heterocycles. The third-order valence-corrected chi connectivity index (χ3v) is 2.05. The van der Waals surface area contributed by atoms with Crippen LogP contribution in [0.3, 0.4) is 0 Å². The van der Waals surface area contributed by atoms with Crippen molar-refractivity contribution in [2.24, 2.45) is 10.3 Å². The molecule has 0 N–H and O–H groups in total. The smallest absolute Gasteiger partial charge is 0.451 e. The summed E-state index contributed by atoms with van der Waals surface area (Å²) in [5, 5.41) is 6.56. The predicted octanol–water partition coefficient (Wildman–Crippen LogP) is 1.28. The van der Waals surface area contributed by atoms with Crippen LogP contribution < -0.4 is 4.84 Å². The number of halogens is 3. The number of nitrogens with zero attached hydrogens (tertiary/aromatic N) is 4. The third-order valence-electron chi connectivity index (χ3n) is 2.05. The van der Waals surface area contributed by atoms with Crippen molar-refractivity contribution in [3.8, 4) is 5.88 Å². The van der Waals surface area contributed by atoms with Crippen LogP contribution in [-0.4, -0.2) is 42.1 Å². The molecule has 1 rings (SSSR count). The van der Waals surface area contributed by atoms with Gasteiger partial charge in [-0.05, 0) is 0 Å². The molecule has 1 aromatic heterocycles. The van der Waals surface area contributed by atoms with Crippen LogP contribution in [0.25, 0.3) is 0 Å². The van der Waals surface area contributed by atoms with Crippen LogP contribution in [0.15, 0.2) is 16.5 Å². The third kappa shape index (κ3) is 5.83. The number of aromatic nitrogens is 2. The van der Waals surface area contributed by atoms with Crippen molar-refractivity contribution < 1.29 is 65.1 Å². The molecule has 0 aliphatic carbocycles. The molecule has 0 aliphatic rings. The first kappa shape index (κ1) is 21.4. The molecule has 0 saturated heterocycles. The molecule has 0 spiro atoms. The molecular formula is C11H10F3N4O4Y-. The number of esters is 1. The molecule has 0 saturated carbocycles. The molecular weight excluding hydrogens is 398 g/mol. The largest absolute Gasteiger partial charge is 0.464 e. The van der Waals surface area contributed by atoms with Gasteiger partial charge >= 0.3 is 12.1 Å². The number of oxime groups is 1. The molecule has 0 fully saturated rings. The van der Waals surface area contributed by atoms with E-state index < -0.39 is 29.6 Å². The topological polar surface area (TPSA) is 95.3 Å². The van der Waals surface area contributed by atoms with Gasteiger partial charge in [-0.15, -0.1) is 0 Å². The molecule has 123 valence electrons. The Kier molecular flexibility index (Phi) is 8.84. The summed E-state index contributed by atoms with van der Waals surface area (Å²) >= 11 is 0. The summed E-state index contributed by atoms with van der Waals surface area (Å²) in [7, 11) is 2.18. The van der Waals surface area contributed by atoms with Crippen LogP contribution in [0.2, 0.25) is 0 Å². The maximum Gasteiger partial charge on any atom is 0.451 e. The Morgan fingerprint density at radius 3 is 2.48 bits per heavy atom. The van der Waals surface area contributed by atoms with Gasteiger partial charge in [0.1, 0.15) is 7.11 Å². The van der Waals surface area contributed by atoms with E-state index in [0.717, 1.165) is 14.2 Å². The van der Waals surface area contributed by atoms with Crippen molar-refractivity contribution in [1.82, 2.24) is 9.97 Å². The minimum atomic E-state index is -4.81. The van der Waals surface area contributed by atoms with Crippen LogP contribution in [0.1, 0.15) is 18.3 Å². The van der Waals surface area contributed by atoms with Crippen molar-refractivity contribution in [2.45, 2.75) is 13.1 Å². The predicted molar refractivity (Wildman–Crippen MR) is 66.3 cm³/mol. The zero-order valence-electron chi connectivity index (χ0n) is 12.2. The van der Waals surface area contributed by atoms with Gasteiger partial charge in [0.25, 0.3) is 5.88 Å². The maximum atomic E-state index is 12.6. The van der Waals surface area contributed by atoms with Crippen LogP contribution in [0.4, 0.5) is 13.2 Å². The molecule has 0 unspecified atom stereocenters. The van der Waals surface area contributed by atoms with E-state index in [4.69, 9.17) is 0 Å². The van der Waals surface area contributed by atoms with Crippen LogP contribution >= 0.6 is 0 Å². The summed E-state index contributed by atoms with van der Waals surface area (Å²) in [4.78, 5) is 27.0. The number of hydrogen-bond acceptors (Lipinski definition) is 8. The van der Waals surface area contributed by atoms with Crippen LogP contribution in [0, 0.1) is 0 Å². The second-order valence-corrected chi connectivity index (χ2v) is 3.43. The minimum absolute atomic E-state index is 0. The van der Waals surface area contributed by atoms with E-state index in [1.165, 1.54) is 6.92 Å². The zero-order chi connectivity index (χ0) is 16.8. The first-order valence-electron chi connectivity index (χ1n) is 5.53. The van der Waals surface area contributed by atoms with Gasteiger partial charge in [-0.3, -0.25) is 0 Å². The van der Waals surface area contributed by atoms with Gasteiger partial charge in [0.05, 0.1) is 12.7 Å². The molecule has 0 bridgehead atoms. The van der Waals surface area contributed by atoms with Crippen LogP contribution in [0.5, 0.6) is 5.88 Å². The molecule has 0 atom stereocenters. The van der Waals surface area contributed by atoms with E-state index in [2.05, 4.69) is 40.9 Å². The monoisotopic (exact) mass is 408 g/mol. The van der Waals surface area contributed by atoms with E-state index in [0.29, 0.717) is 6.20 Å². The second-order valence-electron chi connectivity index (χ2n) is 3.43. The molecule has 12 heteroatoms. The fourth-order valence-electron chi connectivity index (χ4n) is 1.21. The molecule has 0 aromatic carbocycles. The van der Waals surface area contributed by atoms with Crippen molar-refractivity contribution in [3.63, 3.8) is 0 Å². The van der Waals surface area contributed by atoms with Crippen molar-refractivity contribution in [3.05, 3.63) is 17.6 Å². The quantitative estimate of drug-likeness (QED) is 0.315. The van der Waals surface area contributed by atoms with Gasteiger partial charge in [-0.2, -0.15) is 25.1 Å². The Labute approximate surface area is 154 Å². The normalized spacial score (nSPS) is 11.8. The van der Waals surface area contributed by atoms with Crippen molar-refractivity contribution in [1.29, 1.82) is 0 Å². The van der Waals surface area contributed by atoms with Gasteiger partial charge < -0.3 is 25.8 Å². The van der Waals surface area contributed by atoms with Gasteiger partial charge in [-0.25, -0.2) is 9.78 Å². The van der Waals surface area contributed by atoms with E-state index in [1.807, 2.05) is 0 Å². The van der Waals surface area contributed by atoms with Gasteiger partial charge in [0.2, 0.25) is 11.5 Å². The Morgan fingerprint density at radius 1 is 1.35 bits per heavy atom. The Morgan fingerprint density at radius 2 is 2.00 bits per heavy atom. The second kappa shape index (κ2) is 9.51. The average molecular weight is 408 g/mol. The molecule has 8 nitrogen and oxygen atoms in total. The zero-order valence-corrected chi connectivity index (χ0v) is 15.0. The van der Waals surface area contributed by atoms with E-state index in [-0.39, 0.29) is 38.3 Å². The molecule has 23 heavy (non-hydrogen) atoms. The maximum absolute atomic E-state index is 12.6. The Hall–Kier alpha value is -1.62. The number of methoxy groups -OCH3 is 1. The molecule has 1 aromatic rings. The van der Waals surface area contributed by atoms with Gasteiger partial charge in [0.15, 0.2) is 0 Å². The Bertz CT molecular complexity index is 607. The number of alkyl halides is 3. The molecule has 1 radical (unpaired) electrons. The SMILES string of the molecule is C[C-]=NOc1nc(C(F)(F)F)ncc1/C(=N\OC)C(=O)OC.[Y]. The molecule has 0 amide bonds. The fourth-order valence-corrected chi connectivity index (χ4v) is 1.21. The number of hydrogen-bond donors (Lipinski definition) is 0. The van der Waals surface area contributed by atoms with Gasteiger partial charge in [-0.1, -0.05) is 5.16 Å². The van der Waals surface area contributed by atoms with Crippen molar-refractivity contribution >= 4 is 17.9 Å². The Balaban J connectivity index is 0.00000484. The minimum Gasteiger partial charge on any atom is -0.464 e. The average Bonchev–Trinajstić information content (AvgIpc) is 2.48. The van der Waals surface area contributed by atoms with E-state index in [9.17, 15) is 18.0 Å². The summed E-state index contributed by atoms with van der Waals surface area (Å²) in [5.74, 6) is -3.11. The number of rotatable bonds is 5. The van der Waals surface area contributed by atoms with Crippen molar-refractivity contribution in [2.75, 3.05) is 14.2 Å². The summed E-state index contributed by atoms with van der Waals surface area (Å²) in [5.41, 5.74) is -0.777. The first-order valence-corrected chi connectivity index (χ1v) is 5.53. The van der Waals surface area contributed by atoms with E-state index >= 15 is 0 Å². The van der Waals surface area contributed by atoms with Gasteiger partial charge in [0, 0.05) is 38.9 Å². The summed E-state index contributed by atoms with van der Waals surface area (Å²) in [6, 6.07) is 0. The fraction of sp³-hybridized carbons (Fsp3) is 0.364. The summed E-state index contributed by atoms with van der Waals surface area (Å²) in [6.45, 7) is 1.34. The number of carbonyl (C=O) groups excluding carboxylic acids is 1. The molecule has 0 aliphatic heterocycles. The standard InChI is InChI=1S/C11H10F3N4O4.Y/c1-4-16-22-8-6(7(18-21-3)9(19)20-2)5-15-10(17-8)11(12,13)14;/h5H,1-3H3;/q-1;/b18-7+;. The van der Waals surface area contributed by atoms with E-state index in [1.54, 1.807) is 0 Å². The first-order chi connectivity index (χ1) is 10.3. The van der Waals surface area contributed by atoms with Crippen LogP contribution in [-0.2, 0) is 53.3 Å². The summed E-state index contributed by atoms with van der Waals surface area (Å²) < 4.78 is 42.3.